The molecule has 2 aromatic rings. The first-order valence-electron chi connectivity index (χ1n) is 6.80. The second-order valence-electron chi connectivity index (χ2n) is 5.63. The van der Waals surface area contributed by atoms with Gasteiger partial charge in [0.25, 0.3) is 0 Å². The summed E-state index contributed by atoms with van der Waals surface area (Å²) in [5.41, 5.74) is 3.22. The largest absolute Gasteiger partial charge is 0.505 e. The molecule has 1 N–H and O–H groups in total. The number of nitrogens with zero attached hydrogens (tertiary/aromatic N) is 1. The molecule has 0 radical (unpaired) electrons. The van der Waals surface area contributed by atoms with Crippen LogP contribution in [0.3, 0.4) is 0 Å². The number of rotatable bonds is 2. The Balaban J connectivity index is 0.00000161. The van der Waals surface area contributed by atoms with E-state index in [0.717, 1.165) is 17.5 Å². The second-order valence-corrected chi connectivity index (χ2v) is 5.63. The molecule has 0 saturated carbocycles. The van der Waals surface area contributed by atoms with E-state index in [1.807, 2.05) is 32.3 Å². The quantitative estimate of drug-likeness (QED) is 0.890. The molecule has 0 saturated heterocycles. The van der Waals surface area contributed by atoms with Gasteiger partial charge in [-0.25, -0.2) is 4.39 Å². The highest BCUT2D eigenvalue weighted by Crippen LogP contribution is 2.42. The lowest BCUT2D eigenvalue weighted by molar-refractivity contribution is 0.283. The van der Waals surface area contributed by atoms with Crippen molar-refractivity contribution in [1.82, 2.24) is 4.90 Å². The molecule has 0 bridgehead atoms. The lowest BCUT2D eigenvalue weighted by atomic mass is 9.89. The summed E-state index contributed by atoms with van der Waals surface area (Å²) in [7, 11) is 4.09. The van der Waals surface area contributed by atoms with Gasteiger partial charge in [0, 0.05) is 12.0 Å². The summed E-state index contributed by atoms with van der Waals surface area (Å²) in [5.74, 6) is -0.643. The summed E-state index contributed by atoms with van der Waals surface area (Å²) >= 11 is 0. The van der Waals surface area contributed by atoms with Crippen LogP contribution in [0, 0.1) is 5.82 Å². The van der Waals surface area contributed by atoms with Crippen LogP contribution in [0.25, 0.3) is 0 Å². The SMILES string of the molecule is Br.CN(C)[C@@H]1Cc2cc(O)c(F)cc2[C@H]1c1ccccc1. The molecule has 21 heavy (non-hydrogen) atoms. The van der Waals surface area contributed by atoms with Crippen LogP contribution in [-0.2, 0) is 6.42 Å². The zero-order valence-electron chi connectivity index (χ0n) is 12.1. The Bertz CT molecular complexity index is 630. The Morgan fingerprint density at radius 3 is 2.43 bits per heavy atom. The molecule has 0 heterocycles. The van der Waals surface area contributed by atoms with E-state index in [-0.39, 0.29) is 34.7 Å². The number of hydrogen-bond donors (Lipinski definition) is 1. The van der Waals surface area contributed by atoms with Crippen molar-refractivity contribution in [2.45, 2.75) is 18.4 Å². The van der Waals surface area contributed by atoms with Gasteiger partial charge in [-0.2, -0.15) is 0 Å². The van der Waals surface area contributed by atoms with E-state index in [2.05, 4.69) is 17.0 Å². The Morgan fingerprint density at radius 2 is 1.81 bits per heavy atom. The zero-order chi connectivity index (χ0) is 14.3. The number of phenols is 1. The Labute approximate surface area is 135 Å². The molecule has 1 aliphatic carbocycles. The molecule has 3 rings (SSSR count). The van der Waals surface area contributed by atoms with Crippen LogP contribution in [0.2, 0.25) is 0 Å². The van der Waals surface area contributed by atoms with E-state index in [1.54, 1.807) is 6.07 Å². The van der Waals surface area contributed by atoms with Crippen molar-refractivity contribution in [3.63, 3.8) is 0 Å². The van der Waals surface area contributed by atoms with Crippen LogP contribution >= 0.6 is 17.0 Å². The minimum atomic E-state index is -0.538. The smallest absolute Gasteiger partial charge is 0.165 e. The molecule has 0 unspecified atom stereocenters. The molecule has 112 valence electrons. The van der Waals surface area contributed by atoms with Gasteiger partial charge in [0.05, 0.1) is 0 Å². The van der Waals surface area contributed by atoms with Crippen LogP contribution in [0.15, 0.2) is 42.5 Å². The molecular formula is C17H19BrFNO. The maximum atomic E-state index is 13.7. The number of fused-ring (bicyclic) bond motifs is 1. The summed E-state index contributed by atoms with van der Waals surface area (Å²) in [4.78, 5) is 2.17. The summed E-state index contributed by atoms with van der Waals surface area (Å²) in [6.07, 6.45) is 0.829. The van der Waals surface area contributed by atoms with Crippen molar-refractivity contribution in [2.24, 2.45) is 0 Å². The Morgan fingerprint density at radius 1 is 1.14 bits per heavy atom. The lowest BCUT2D eigenvalue weighted by Gasteiger charge is -2.27. The molecule has 0 fully saturated rings. The van der Waals surface area contributed by atoms with Crippen LogP contribution in [0.1, 0.15) is 22.6 Å². The van der Waals surface area contributed by atoms with Crippen molar-refractivity contribution in [1.29, 1.82) is 0 Å². The second kappa shape index (κ2) is 6.16. The summed E-state index contributed by atoms with van der Waals surface area (Å²) in [5, 5.41) is 9.58. The molecule has 4 heteroatoms. The van der Waals surface area contributed by atoms with Gasteiger partial charge >= 0.3 is 0 Å². The maximum Gasteiger partial charge on any atom is 0.165 e. The third-order valence-electron chi connectivity index (χ3n) is 4.18. The number of benzene rings is 2. The number of halogens is 2. The minimum absolute atomic E-state index is 0. The molecule has 2 aromatic carbocycles. The van der Waals surface area contributed by atoms with E-state index in [1.165, 1.54) is 11.6 Å². The predicted molar refractivity (Wildman–Crippen MR) is 87.9 cm³/mol. The van der Waals surface area contributed by atoms with E-state index < -0.39 is 5.82 Å². The first-order valence-corrected chi connectivity index (χ1v) is 6.80. The molecule has 0 aliphatic heterocycles. The molecule has 2 nitrogen and oxygen atoms in total. The van der Waals surface area contributed by atoms with Gasteiger partial charge in [0.15, 0.2) is 11.6 Å². The molecule has 0 aromatic heterocycles. The number of hydrogen-bond acceptors (Lipinski definition) is 2. The number of phenolic OH excluding ortho intramolecular Hbond substituents is 1. The summed E-state index contributed by atoms with van der Waals surface area (Å²) in [6, 6.07) is 13.5. The third kappa shape index (κ3) is 2.83. The minimum Gasteiger partial charge on any atom is -0.505 e. The van der Waals surface area contributed by atoms with E-state index in [0.29, 0.717) is 0 Å². The highest BCUT2D eigenvalue weighted by Gasteiger charge is 2.35. The van der Waals surface area contributed by atoms with Gasteiger partial charge in [0.2, 0.25) is 0 Å². The summed E-state index contributed by atoms with van der Waals surface area (Å²) in [6.45, 7) is 0. The summed E-state index contributed by atoms with van der Waals surface area (Å²) < 4.78 is 13.7. The number of likely N-dealkylation sites (N-methyl/N-ethyl adjacent to an activating group) is 1. The van der Waals surface area contributed by atoms with E-state index >= 15 is 0 Å². The lowest BCUT2D eigenvalue weighted by Crippen LogP contribution is -2.32. The van der Waals surface area contributed by atoms with Gasteiger partial charge in [-0.3, -0.25) is 0 Å². The molecule has 2 atom stereocenters. The molecule has 0 amide bonds. The normalized spacial score (nSPS) is 20.2. The monoisotopic (exact) mass is 351 g/mol. The predicted octanol–water partition coefficient (Wildman–Crippen LogP) is 3.73. The van der Waals surface area contributed by atoms with Gasteiger partial charge in [-0.05, 0) is 49.3 Å². The van der Waals surface area contributed by atoms with Crippen LogP contribution in [0.5, 0.6) is 5.75 Å². The standard InChI is InChI=1S/C17H18FNO.BrH/c1-19(2)15-8-12-9-16(20)14(18)10-13(12)17(15)11-6-4-3-5-7-11;/h3-7,9-10,15,17,20H,8H2,1-2H3;1H/t15-,17-;/m1./s1. The fourth-order valence-electron chi connectivity index (χ4n) is 3.18. The molecule has 1 aliphatic rings. The zero-order valence-corrected chi connectivity index (χ0v) is 13.8. The van der Waals surface area contributed by atoms with Crippen LogP contribution in [-0.4, -0.2) is 30.1 Å². The third-order valence-corrected chi connectivity index (χ3v) is 4.18. The first-order chi connectivity index (χ1) is 9.58. The van der Waals surface area contributed by atoms with Crippen molar-refractivity contribution >= 4 is 17.0 Å². The average Bonchev–Trinajstić information content (AvgIpc) is 2.79. The fourth-order valence-corrected chi connectivity index (χ4v) is 3.18. The van der Waals surface area contributed by atoms with Gasteiger partial charge < -0.3 is 10.0 Å². The maximum absolute atomic E-state index is 13.7. The van der Waals surface area contributed by atoms with Crippen molar-refractivity contribution in [3.05, 3.63) is 65.0 Å². The molecule has 0 spiro atoms. The number of aromatic hydroxyl groups is 1. The Hall–Kier alpha value is -1.39. The van der Waals surface area contributed by atoms with Gasteiger partial charge in [0.1, 0.15) is 0 Å². The average molecular weight is 352 g/mol. The topological polar surface area (TPSA) is 23.5 Å². The van der Waals surface area contributed by atoms with E-state index in [4.69, 9.17) is 0 Å². The van der Waals surface area contributed by atoms with Gasteiger partial charge in [-0.1, -0.05) is 30.3 Å². The van der Waals surface area contributed by atoms with Crippen molar-refractivity contribution in [2.75, 3.05) is 14.1 Å². The van der Waals surface area contributed by atoms with Crippen molar-refractivity contribution in [3.8, 4) is 5.75 Å². The van der Waals surface area contributed by atoms with E-state index in [9.17, 15) is 9.50 Å². The fraction of sp³-hybridized carbons (Fsp3) is 0.294. The Kier molecular flexibility index (Phi) is 4.69. The van der Waals surface area contributed by atoms with Crippen LogP contribution in [0.4, 0.5) is 4.39 Å². The van der Waals surface area contributed by atoms with Crippen LogP contribution < -0.4 is 0 Å². The van der Waals surface area contributed by atoms with Crippen molar-refractivity contribution < 1.29 is 9.50 Å². The molecular weight excluding hydrogens is 333 g/mol. The highest BCUT2D eigenvalue weighted by molar-refractivity contribution is 8.93. The highest BCUT2D eigenvalue weighted by atomic mass is 79.9. The first kappa shape index (κ1) is 16.0. The van der Waals surface area contributed by atoms with Gasteiger partial charge in [-0.15, -0.1) is 17.0 Å².